The Morgan fingerprint density at radius 2 is 1.83 bits per heavy atom. The van der Waals surface area contributed by atoms with E-state index in [1.54, 1.807) is 19.3 Å². The van der Waals surface area contributed by atoms with E-state index in [0.717, 1.165) is 24.8 Å². The zero-order valence-corrected chi connectivity index (χ0v) is 21.9. The van der Waals surface area contributed by atoms with Crippen molar-refractivity contribution in [2.45, 2.75) is 53.9 Å². The molecule has 7 nitrogen and oxygen atoms in total. The molecular weight excluding hydrogens is 450 g/mol. The Kier molecular flexibility index (Phi) is 9.17. The summed E-state index contributed by atoms with van der Waals surface area (Å²) in [4.78, 5) is 37.6. The molecule has 0 unspecified atom stereocenters. The van der Waals surface area contributed by atoms with Crippen molar-refractivity contribution in [1.82, 2.24) is 25.6 Å². The van der Waals surface area contributed by atoms with Gasteiger partial charge in [0, 0.05) is 24.9 Å². The van der Waals surface area contributed by atoms with Crippen LogP contribution < -0.4 is 10.6 Å². The number of hydrogen-bond donors (Lipinski definition) is 3. The first kappa shape index (κ1) is 26.9. The Morgan fingerprint density at radius 1 is 1.08 bits per heavy atom. The first-order valence-corrected chi connectivity index (χ1v) is 12.5. The fourth-order valence-electron chi connectivity index (χ4n) is 3.63. The molecule has 0 saturated heterocycles. The lowest BCUT2D eigenvalue weighted by Crippen LogP contribution is -2.32. The molecule has 0 atom stereocenters. The summed E-state index contributed by atoms with van der Waals surface area (Å²) in [7, 11) is 0. The highest BCUT2D eigenvalue weighted by Gasteiger charge is 2.18. The van der Waals surface area contributed by atoms with E-state index in [4.69, 9.17) is 4.98 Å². The van der Waals surface area contributed by atoms with Gasteiger partial charge in [-0.05, 0) is 36.3 Å². The molecule has 3 rings (SSSR count). The maximum absolute atomic E-state index is 12.8. The Balaban J connectivity index is 1.75. The van der Waals surface area contributed by atoms with Crippen LogP contribution in [0.5, 0.6) is 0 Å². The van der Waals surface area contributed by atoms with Gasteiger partial charge in [-0.2, -0.15) is 0 Å². The second kappa shape index (κ2) is 12.3. The van der Waals surface area contributed by atoms with Crippen molar-refractivity contribution in [3.63, 3.8) is 0 Å². The van der Waals surface area contributed by atoms with Crippen LogP contribution in [-0.4, -0.2) is 39.9 Å². The van der Waals surface area contributed by atoms with Crippen LogP contribution in [0, 0.1) is 5.41 Å². The van der Waals surface area contributed by atoms with Crippen molar-refractivity contribution in [1.29, 1.82) is 0 Å². The van der Waals surface area contributed by atoms with Crippen molar-refractivity contribution in [2.24, 2.45) is 5.41 Å². The van der Waals surface area contributed by atoms with E-state index >= 15 is 0 Å². The van der Waals surface area contributed by atoms with Gasteiger partial charge < -0.3 is 15.6 Å². The van der Waals surface area contributed by atoms with Crippen LogP contribution in [0.15, 0.2) is 60.5 Å². The molecule has 190 valence electrons. The monoisotopic (exact) mass is 487 g/mol. The summed E-state index contributed by atoms with van der Waals surface area (Å²) in [6, 6.07) is 10.1. The minimum absolute atomic E-state index is 0.0202. The van der Waals surface area contributed by atoms with Gasteiger partial charge in [0.05, 0.1) is 17.5 Å². The van der Waals surface area contributed by atoms with Gasteiger partial charge in [-0.3, -0.25) is 9.59 Å². The molecule has 0 bridgehead atoms. The number of allylic oxidation sites excluding steroid dienone is 3. The van der Waals surface area contributed by atoms with Gasteiger partial charge >= 0.3 is 0 Å². The molecule has 36 heavy (non-hydrogen) atoms. The molecular formula is C29H37N5O2. The molecule has 0 radical (unpaired) electrons. The zero-order valence-electron chi connectivity index (χ0n) is 21.9. The largest absolute Gasteiger partial charge is 0.352 e. The number of nitrogens with one attached hydrogen (secondary N) is 3. The van der Waals surface area contributed by atoms with E-state index < -0.39 is 0 Å². The number of nitrogens with zero attached hydrogens (tertiary/aromatic N) is 2. The SMILES string of the molecule is CCC/C(=C\C=C(/C)C(=O)NCCc1ccccc1)c1cnc2[nH]cc(C(=O)NCC(C)(C)C)c2n1. The van der Waals surface area contributed by atoms with Gasteiger partial charge in [-0.1, -0.05) is 76.6 Å². The summed E-state index contributed by atoms with van der Waals surface area (Å²) in [5, 5.41) is 5.95. The predicted molar refractivity (Wildman–Crippen MR) is 145 cm³/mol. The number of benzene rings is 1. The number of aromatic amines is 1. The summed E-state index contributed by atoms with van der Waals surface area (Å²) in [5.41, 5.74) is 5.04. The van der Waals surface area contributed by atoms with Crippen LogP contribution in [-0.2, 0) is 11.2 Å². The summed E-state index contributed by atoms with van der Waals surface area (Å²) >= 11 is 0. The number of amides is 2. The molecule has 0 fully saturated rings. The maximum atomic E-state index is 12.8. The highest BCUT2D eigenvalue weighted by molar-refractivity contribution is 6.04. The van der Waals surface area contributed by atoms with E-state index in [9.17, 15) is 9.59 Å². The number of aromatic nitrogens is 3. The van der Waals surface area contributed by atoms with Crippen molar-refractivity contribution in [3.8, 4) is 0 Å². The van der Waals surface area contributed by atoms with Crippen LogP contribution in [0.4, 0.5) is 0 Å². The van der Waals surface area contributed by atoms with Crippen molar-refractivity contribution in [2.75, 3.05) is 13.1 Å². The summed E-state index contributed by atoms with van der Waals surface area (Å²) in [5.74, 6) is -0.269. The second-order valence-corrected chi connectivity index (χ2v) is 10.2. The zero-order chi connectivity index (χ0) is 26.1. The van der Waals surface area contributed by atoms with E-state index in [-0.39, 0.29) is 17.2 Å². The molecule has 0 aliphatic carbocycles. The predicted octanol–water partition coefficient (Wildman–Crippen LogP) is 5.22. The van der Waals surface area contributed by atoms with E-state index in [1.165, 1.54) is 5.56 Å². The third-order valence-corrected chi connectivity index (χ3v) is 5.69. The van der Waals surface area contributed by atoms with E-state index in [1.807, 2.05) is 30.4 Å². The molecule has 3 aromatic rings. The average Bonchev–Trinajstić information content (AvgIpc) is 3.28. The van der Waals surface area contributed by atoms with E-state index in [0.29, 0.717) is 41.1 Å². The molecule has 7 heteroatoms. The van der Waals surface area contributed by atoms with Crippen molar-refractivity contribution < 1.29 is 9.59 Å². The van der Waals surface area contributed by atoms with Crippen molar-refractivity contribution >= 4 is 28.6 Å². The van der Waals surface area contributed by atoms with Crippen LogP contribution in [0.3, 0.4) is 0 Å². The number of H-pyrrole nitrogens is 1. The highest BCUT2D eigenvalue weighted by Crippen LogP contribution is 2.22. The third-order valence-electron chi connectivity index (χ3n) is 5.69. The molecule has 2 amide bonds. The molecule has 1 aromatic carbocycles. The fourth-order valence-corrected chi connectivity index (χ4v) is 3.63. The lowest BCUT2D eigenvalue weighted by atomic mass is 9.97. The Morgan fingerprint density at radius 3 is 2.53 bits per heavy atom. The fraction of sp³-hybridized carbons (Fsp3) is 0.379. The Bertz CT molecular complexity index is 1250. The quantitative estimate of drug-likeness (QED) is 0.270. The number of carbonyl (C=O) groups excluding carboxylic acids is 2. The van der Waals surface area contributed by atoms with Gasteiger partial charge in [0.25, 0.3) is 5.91 Å². The molecule has 0 saturated carbocycles. The topological polar surface area (TPSA) is 99.8 Å². The first-order chi connectivity index (χ1) is 17.2. The van der Waals surface area contributed by atoms with Gasteiger partial charge in [-0.15, -0.1) is 0 Å². The molecule has 3 N–H and O–H groups in total. The highest BCUT2D eigenvalue weighted by atomic mass is 16.2. The summed E-state index contributed by atoms with van der Waals surface area (Å²) < 4.78 is 0. The van der Waals surface area contributed by atoms with Crippen LogP contribution >= 0.6 is 0 Å². The first-order valence-electron chi connectivity index (χ1n) is 12.5. The van der Waals surface area contributed by atoms with Gasteiger partial charge in [-0.25, -0.2) is 9.97 Å². The molecule has 0 spiro atoms. The van der Waals surface area contributed by atoms with Crippen LogP contribution in [0.2, 0.25) is 0 Å². The summed E-state index contributed by atoms with van der Waals surface area (Å²) in [6.07, 6.45) is 9.58. The van der Waals surface area contributed by atoms with Gasteiger partial charge in [0.2, 0.25) is 5.91 Å². The molecule has 0 aliphatic heterocycles. The minimum atomic E-state index is -0.174. The number of fused-ring (bicyclic) bond motifs is 1. The minimum Gasteiger partial charge on any atom is -0.352 e. The maximum Gasteiger partial charge on any atom is 0.255 e. The Hall–Kier alpha value is -3.74. The second-order valence-electron chi connectivity index (χ2n) is 10.2. The lowest BCUT2D eigenvalue weighted by molar-refractivity contribution is -0.117. The lowest BCUT2D eigenvalue weighted by Gasteiger charge is -2.18. The number of carbonyl (C=O) groups is 2. The molecule has 2 heterocycles. The molecule has 0 aliphatic rings. The van der Waals surface area contributed by atoms with Crippen molar-refractivity contribution in [3.05, 3.63) is 77.3 Å². The van der Waals surface area contributed by atoms with Crippen LogP contribution in [0.1, 0.15) is 69.1 Å². The normalized spacial score (nSPS) is 12.6. The smallest absolute Gasteiger partial charge is 0.255 e. The van der Waals surface area contributed by atoms with E-state index in [2.05, 4.69) is 60.4 Å². The third kappa shape index (κ3) is 7.63. The number of hydrogen-bond acceptors (Lipinski definition) is 4. The average molecular weight is 488 g/mol. The standard InChI is InChI=1S/C29H37N5O2/c1-6-10-22(14-13-20(2)27(35)30-16-15-21-11-8-7-9-12-21)24-18-32-26-25(34-24)23(17-31-26)28(36)33-19-29(3,4)5/h7-9,11-14,17-18H,6,10,15-16,19H2,1-5H3,(H,30,35)(H,31,32)(H,33,36)/b20-13+,22-14+. The van der Waals surface area contributed by atoms with Crippen LogP contribution in [0.25, 0.3) is 16.7 Å². The number of rotatable bonds is 10. The molecule has 2 aromatic heterocycles. The van der Waals surface area contributed by atoms with Gasteiger partial charge in [0.1, 0.15) is 5.52 Å². The Labute approximate surface area is 213 Å². The summed E-state index contributed by atoms with van der Waals surface area (Å²) in [6.45, 7) is 11.2. The van der Waals surface area contributed by atoms with Gasteiger partial charge in [0.15, 0.2) is 5.65 Å².